The van der Waals surface area contributed by atoms with Gasteiger partial charge in [0.05, 0.1) is 17.1 Å². The van der Waals surface area contributed by atoms with Gasteiger partial charge in [0.25, 0.3) is 11.8 Å². The summed E-state index contributed by atoms with van der Waals surface area (Å²) in [6, 6.07) is 5.13. The predicted octanol–water partition coefficient (Wildman–Crippen LogP) is 1.36. The number of hydrogen-bond acceptors (Lipinski definition) is 2. The lowest BCUT2D eigenvalue weighted by Gasteiger charge is -2.16. The second kappa shape index (κ2) is 7.99. The van der Waals surface area contributed by atoms with Crippen LogP contribution in [0.5, 0.6) is 0 Å². The van der Waals surface area contributed by atoms with Crippen molar-refractivity contribution in [3.63, 3.8) is 0 Å². The summed E-state index contributed by atoms with van der Waals surface area (Å²) in [6.07, 6.45) is 2.38. The van der Waals surface area contributed by atoms with Gasteiger partial charge in [-0.25, -0.2) is 0 Å². The Morgan fingerprint density at radius 2 is 1.87 bits per heavy atom. The van der Waals surface area contributed by atoms with Gasteiger partial charge in [-0.2, -0.15) is 0 Å². The number of nitrogens with one attached hydrogen (secondary N) is 3. The minimum atomic E-state index is -0.177. The van der Waals surface area contributed by atoms with E-state index < -0.39 is 0 Å². The van der Waals surface area contributed by atoms with E-state index in [0.717, 1.165) is 4.90 Å². The molecule has 1 unspecified atom stereocenters. The number of quaternary nitrogens is 1. The number of rotatable bonds is 7. The van der Waals surface area contributed by atoms with Crippen LogP contribution in [0.4, 0.5) is 5.69 Å². The molecule has 1 aromatic carbocycles. The molecule has 2 atom stereocenters. The Balaban J connectivity index is 1.75. The lowest BCUT2D eigenvalue weighted by Crippen LogP contribution is -3.11. The van der Waals surface area contributed by atoms with E-state index in [9.17, 15) is 9.59 Å². The number of carbonyl (C=O) groups excluding carboxylic acids is 2. The van der Waals surface area contributed by atoms with Crippen molar-refractivity contribution >= 4 is 40.7 Å². The number of amides is 2. The molecule has 1 aliphatic carbocycles. The first-order chi connectivity index (χ1) is 10.8. The normalized spacial score (nSPS) is 16.5. The quantitative estimate of drug-likeness (QED) is 0.689. The SMILES string of the molecule is C[C@H](NC(=O)C[NH+](C)CC(=O)Nc1ccc(Cl)c(Cl)c1)C1CC1. The van der Waals surface area contributed by atoms with Crippen molar-refractivity contribution in [3.05, 3.63) is 28.2 Å². The number of anilines is 1. The van der Waals surface area contributed by atoms with E-state index in [1.165, 1.54) is 12.8 Å². The summed E-state index contributed by atoms with van der Waals surface area (Å²) in [5, 5.41) is 6.56. The van der Waals surface area contributed by atoms with Gasteiger partial charge in [-0.1, -0.05) is 23.2 Å². The van der Waals surface area contributed by atoms with Gasteiger partial charge in [0.2, 0.25) is 0 Å². The molecule has 5 nitrogen and oxygen atoms in total. The van der Waals surface area contributed by atoms with Crippen LogP contribution in [0.25, 0.3) is 0 Å². The third-order valence-corrected chi connectivity index (χ3v) is 4.58. The van der Waals surface area contributed by atoms with Crippen LogP contribution < -0.4 is 15.5 Å². The maximum atomic E-state index is 12.0. The molecule has 0 aliphatic heterocycles. The summed E-state index contributed by atoms with van der Waals surface area (Å²) in [6.45, 7) is 2.50. The highest BCUT2D eigenvalue weighted by Crippen LogP contribution is 2.32. The molecule has 0 radical (unpaired) electrons. The summed E-state index contributed by atoms with van der Waals surface area (Å²) in [5.74, 6) is 0.422. The smallest absolute Gasteiger partial charge is 0.279 e. The molecule has 2 rings (SSSR count). The zero-order valence-corrected chi connectivity index (χ0v) is 14.8. The molecule has 0 spiro atoms. The van der Waals surface area contributed by atoms with Crippen LogP contribution in [0.2, 0.25) is 10.0 Å². The minimum absolute atomic E-state index is 0.0239. The number of carbonyl (C=O) groups is 2. The third-order valence-electron chi connectivity index (χ3n) is 3.85. The highest BCUT2D eigenvalue weighted by atomic mass is 35.5. The average Bonchev–Trinajstić information content (AvgIpc) is 3.26. The van der Waals surface area contributed by atoms with Crippen molar-refractivity contribution in [1.29, 1.82) is 0 Å². The molecule has 1 aliphatic rings. The molecule has 7 heteroatoms. The maximum absolute atomic E-state index is 12.0. The van der Waals surface area contributed by atoms with Gasteiger partial charge in [-0.15, -0.1) is 0 Å². The summed E-state index contributed by atoms with van der Waals surface area (Å²) in [5.41, 5.74) is 0.587. The number of hydrogen-bond donors (Lipinski definition) is 3. The van der Waals surface area contributed by atoms with Gasteiger partial charge in [-0.05, 0) is 43.9 Å². The average molecular weight is 359 g/mol. The van der Waals surface area contributed by atoms with Gasteiger partial charge in [0, 0.05) is 11.7 Å². The van der Waals surface area contributed by atoms with E-state index in [4.69, 9.17) is 23.2 Å². The van der Waals surface area contributed by atoms with Crippen LogP contribution in [0.3, 0.4) is 0 Å². The van der Waals surface area contributed by atoms with Gasteiger partial charge < -0.3 is 15.5 Å². The standard InChI is InChI=1S/C16H21Cl2N3O2/c1-10(11-3-4-11)19-15(22)8-21(2)9-16(23)20-12-5-6-13(17)14(18)7-12/h5-7,10-11H,3-4,8-9H2,1-2H3,(H,19,22)(H,20,23)/p+1/t10-/m0/s1. The molecular formula is C16H22Cl2N3O2+. The fourth-order valence-electron chi connectivity index (χ4n) is 2.41. The van der Waals surface area contributed by atoms with E-state index in [1.807, 2.05) is 14.0 Å². The lowest BCUT2D eigenvalue weighted by molar-refractivity contribution is -0.862. The zero-order valence-electron chi connectivity index (χ0n) is 13.3. The summed E-state index contributed by atoms with van der Waals surface area (Å²) in [4.78, 5) is 24.7. The predicted molar refractivity (Wildman–Crippen MR) is 92.0 cm³/mol. The molecule has 2 amide bonds. The topological polar surface area (TPSA) is 62.6 Å². The van der Waals surface area contributed by atoms with Crippen molar-refractivity contribution in [2.45, 2.75) is 25.8 Å². The molecular weight excluding hydrogens is 337 g/mol. The van der Waals surface area contributed by atoms with Gasteiger partial charge in [-0.3, -0.25) is 9.59 Å². The summed E-state index contributed by atoms with van der Waals surface area (Å²) >= 11 is 11.7. The van der Waals surface area contributed by atoms with E-state index in [2.05, 4.69) is 10.6 Å². The molecule has 0 heterocycles. The third kappa shape index (κ3) is 6.01. The fraction of sp³-hybridized carbons (Fsp3) is 0.500. The Morgan fingerprint density at radius 3 is 2.48 bits per heavy atom. The summed E-state index contributed by atoms with van der Waals surface area (Å²) < 4.78 is 0. The highest BCUT2D eigenvalue weighted by molar-refractivity contribution is 6.42. The molecule has 0 saturated heterocycles. The first kappa shape index (κ1) is 18.0. The van der Waals surface area contributed by atoms with Crippen molar-refractivity contribution in [2.24, 2.45) is 5.92 Å². The Bertz CT molecular complexity index is 591. The van der Waals surface area contributed by atoms with Gasteiger partial charge >= 0.3 is 0 Å². The molecule has 1 fully saturated rings. The summed E-state index contributed by atoms with van der Waals surface area (Å²) in [7, 11) is 1.82. The molecule has 1 saturated carbocycles. The van der Waals surface area contributed by atoms with E-state index in [0.29, 0.717) is 21.7 Å². The van der Waals surface area contributed by atoms with Crippen LogP contribution in [0.1, 0.15) is 19.8 Å². The first-order valence-corrected chi connectivity index (χ1v) is 8.46. The molecule has 0 aromatic heterocycles. The van der Waals surface area contributed by atoms with Crippen molar-refractivity contribution in [3.8, 4) is 0 Å². The molecule has 3 N–H and O–H groups in total. The van der Waals surface area contributed by atoms with Crippen LogP contribution in [-0.2, 0) is 9.59 Å². The van der Waals surface area contributed by atoms with Gasteiger partial charge in [0.1, 0.15) is 0 Å². The largest absolute Gasteiger partial charge is 0.348 e. The zero-order chi connectivity index (χ0) is 17.0. The molecule has 0 bridgehead atoms. The highest BCUT2D eigenvalue weighted by Gasteiger charge is 2.29. The van der Waals surface area contributed by atoms with E-state index in [-0.39, 0.29) is 30.9 Å². The van der Waals surface area contributed by atoms with E-state index >= 15 is 0 Å². The van der Waals surface area contributed by atoms with E-state index in [1.54, 1.807) is 18.2 Å². The van der Waals surface area contributed by atoms with Gasteiger partial charge in [0.15, 0.2) is 13.1 Å². The second-order valence-corrected chi connectivity index (χ2v) is 7.00. The number of benzene rings is 1. The number of halogens is 2. The Kier molecular flexibility index (Phi) is 6.27. The maximum Gasteiger partial charge on any atom is 0.279 e. The molecule has 126 valence electrons. The van der Waals surface area contributed by atoms with Crippen molar-refractivity contribution in [1.82, 2.24) is 5.32 Å². The van der Waals surface area contributed by atoms with Crippen molar-refractivity contribution < 1.29 is 14.5 Å². The number of likely N-dealkylation sites (N-methyl/N-ethyl adjacent to an activating group) is 1. The monoisotopic (exact) mass is 358 g/mol. The Hall–Kier alpha value is -1.30. The molecule has 1 aromatic rings. The van der Waals surface area contributed by atoms with Crippen LogP contribution in [-0.4, -0.2) is 38.0 Å². The van der Waals surface area contributed by atoms with Crippen LogP contribution in [0, 0.1) is 5.92 Å². The van der Waals surface area contributed by atoms with Crippen LogP contribution in [0.15, 0.2) is 18.2 Å². The Labute approximate surface area is 146 Å². The molecule has 23 heavy (non-hydrogen) atoms. The second-order valence-electron chi connectivity index (χ2n) is 6.18. The lowest BCUT2D eigenvalue weighted by atomic mass is 10.2. The van der Waals surface area contributed by atoms with Crippen LogP contribution >= 0.6 is 23.2 Å². The van der Waals surface area contributed by atoms with Crippen molar-refractivity contribution in [2.75, 3.05) is 25.5 Å². The minimum Gasteiger partial charge on any atom is -0.348 e. The first-order valence-electron chi connectivity index (χ1n) is 7.70. The fourth-order valence-corrected chi connectivity index (χ4v) is 2.71. The Morgan fingerprint density at radius 1 is 1.22 bits per heavy atom.